The van der Waals surface area contributed by atoms with Crippen LogP contribution in [0.2, 0.25) is 0 Å². The zero-order chi connectivity index (χ0) is 11.8. The summed E-state index contributed by atoms with van der Waals surface area (Å²) in [6.07, 6.45) is -0.409. The van der Waals surface area contributed by atoms with Crippen molar-refractivity contribution < 1.29 is 19.3 Å². The van der Waals surface area contributed by atoms with Crippen LogP contribution in [-0.4, -0.2) is 31.2 Å². The second-order valence-electron chi connectivity index (χ2n) is 3.16. The number of hydrogen-bond acceptors (Lipinski definition) is 4. The average Bonchev–Trinajstić information content (AvgIpc) is 2.29. The van der Waals surface area contributed by atoms with E-state index in [4.69, 9.17) is 19.3 Å². The molecule has 0 amide bonds. The molecule has 0 radical (unpaired) electrons. The third-order valence-electron chi connectivity index (χ3n) is 1.89. The van der Waals surface area contributed by atoms with Crippen LogP contribution >= 0.6 is 0 Å². The van der Waals surface area contributed by atoms with Crippen molar-refractivity contribution in [3.63, 3.8) is 0 Å². The predicted octanol–water partition coefficient (Wildman–Crippen LogP) is 1.82. The molecular weight excluding hydrogens is 208 g/mol. The normalized spacial score (nSPS) is 12.2. The third kappa shape index (κ3) is 4.08. The molecule has 1 aromatic carbocycles. The lowest BCUT2D eigenvalue weighted by atomic mass is 10.3. The molecule has 1 aromatic rings. The highest BCUT2D eigenvalue weighted by atomic mass is 16.7. The maximum atomic E-state index is 8.61. The van der Waals surface area contributed by atoms with Gasteiger partial charge in [-0.3, -0.25) is 0 Å². The van der Waals surface area contributed by atoms with Crippen molar-refractivity contribution in [2.45, 2.75) is 20.1 Å². The molecule has 0 aliphatic heterocycles. The Balaban J connectivity index is 2.57. The molecule has 0 saturated carbocycles. The Hall–Kier alpha value is -1.26. The lowest BCUT2D eigenvalue weighted by Crippen LogP contribution is -2.18. The monoisotopic (exact) mass is 226 g/mol. The van der Waals surface area contributed by atoms with Crippen molar-refractivity contribution in [1.29, 1.82) is 0 Å². The van der Waals surface area contributed by atoms with Gasteiger partial charge in [-0.2, -0.15) is 0 Å². The first-order valence-electron chi connectivity index (χ1n) is 5.39. The lowest BCUT2D eigenvalue weighted by molar-refractivity contribution is -0.0770. The number of ether oxygens (including phenoxy) is 3. The third-order valence-corrected chi connectivity index (χ3v) is 1.89. The Morgan fingerprint density at radius 3 is 2.56 bits per heavy atom. The Morgan fingerprint density at radius 1 is 1.25 bits per heavy atom. The van der Waals surface area contributed by atoms with Crippen molar-refractivity contribution in [3.8, 4) is 11.5 Å². The fourth-order valence-corrected chi connectivity index (χ4v) is 1.25. The van der Waals surface area contributed by atoms with Crippen LogP contribution in [0.4, 0.5) is 0 Å². The molecule has 0 fully saturated rings. The summed E-state index contributed by atoms with van der Waals surface area (Å²) in [5.74, 6) is 1.35. The molecule has 1 atom stereocenters. The highest BCUT2D eigenvalue weighted by molar-refractivity contribution is 5.39. The van der Waals surface area contributed by atoms with E-state index in [9.17, 15) is 0 Å². The van der Waals surface area contributed by atoms with Crippen LogP contribution in [0.5, 0.6) is 11.5 Å². The van der Waals surface area contributed by atoms with Gasteiger partial charge in [0.1, 0.15) is 0 Å². The van der Waals surface area contributed by atoms with Crippen LogP contribution in [0, 0.1) is 0 Å². The molecule has 0 spiro atoms. The molecule has 4 nitrogen and oxygen atoms in total. The van der Waals surface area contributed by atoms with E-state index in [-0.39, 0.29) is 13.2 Å². The van der Waals surface area contributed by atoms with Crippen LogP contribution < -0.4 is 9.47 Å². The van der Waals surface area contributed by atoms with Crippen molar-refractivity contribution in [1.82, 2.24) is 0 Å². The molecule has 1 N–H and O–H groups in total. The van der Waals surface area contributed by atoms with Crippen LogP contribution in [0.25, 0.3) is 0 Å². The lowest BCUT2D eigenvalue weighted by Gasteiger charge is -2.17. The molecule has 1 unspecified atom stereocenters. The molecule has 1 rings (SSSR count). The van der Waals surface area contributed by atoms with Gasteiger partial charge < -0.3 is 19.3 Å². The van der Waals surface area contributed by atoms with Gasteiger partial charge in [0.05, 0.1) is 19.8 Å². The maximum Gasteiger partial charge on any atom is 0.197 e. The zero-order valence-electron chi connectivity index (χ0n) is 9.68. The SMILES string of the molecule is CCOc1ccccc1OC(C)OCCO. The van der Waals surface area contributed by atoms with Gasteiger partial charge in [0, 0.05) is 0 Å². The van der Waals surface area contributed by atoms with E-state index in [1.165, 1.54) is 0 Å². The Kier molecular flexibility index (Phi) is 5.67. The standard InChI is InChI=1S/C12H18O4/c1-3-14-11-6-4-5-7-12(11)16-10(2)15-9-8-13/h4-7,10,13H,3,8-9H2,1-2H3. The number of rotatable bonds is 7. The summed E-state index contributed by atoms with van der Waals surface area (Å²) in [7, 11) is 0. The Morgan fingerprint density at radius 2 is 1.94 bits per heavy atom. The molecule has 0 aliphatic rings. The van der Waals surface area contributed by atoms with Gasteiger partial charge in [-0.1, -0.05) is 12.1 Å². The van der Waals surface area contributed by atoms with Crippen molar-refractivity contribution >= 4 is 0 Å². The van der Waals surface area contributed by atoms with E-state index >= 15 is 0 Å². The second-order valence-corrected chi connectivity index (χ2v) is 3.16. The molecular formula is C12H18O4. The first-order valence-corrected chi connectivity index (χ1v) is 5.39. The fourth-order valence-electron chi connectivity index (χ4n) is 1.25. The van der Waals surface area contributed by atoms with Crippen LogP contribution in [0.15, 0.2) is 24.3 Å². The number of benzene rings is 1. The predicted molar refractivity (Wildman–Crippen MR) is 60.7 cm³/mol. The van der Waals surface area contributed by atoms with Crippen molar-refractivity contribution in [2.75, 3.05) is 19.8 Å². The highest BCUT2D eigenvalue weighted by Gasteiger charge is 2.08. The minimum atomic E-state index is -0.409. The van der Waals surface area contributed by atoms with Crippen molar-refractivity contribution in [2.24, 2.45) is 0 Å². The molecule has 0 saturated heterocycles. The summed E-state index contributed by atoms with van der Waals surface area (Å²) in [4.78, 5) is 0. The van der Waals surface area contributed by atoms with Crippen LogP contribution in [0.1, 0.15) is 13.8 Å². The minimum Gasteiger partial charge on any atom is -0.490 e. The molecule has 0 aromatic heterocycles. The van der Waals surface area contributed by atoms with Gasteiger partial charge in [0.2, 0.25) is 0 Å². The van der Waals surface area contributed by atoms with Gasteiger partial charge >= 0.3 is 0 Å². The smallest absolute Gasteiger partial charge is 0.197 e. The van der Waals surface area contributed by atoms with Gasteiger partial charge in [-0.05, 0) is 26.0 Å². The summed E-state index contributed by atoms with van der Waals surface area (Å²) in [5, 5.41) is 8.61. The topological polar surface area (TPSA) is 47.9 Å². The van der Waals surface area contributed by atoms with Crippen LogP contribution in [-0.2, 0) is 4.74 Å². The summed E-state index contributed by atoms with van der Waals surface area (Å²) in [6, 6.07) is 7.43. The summed E-state index contributed by atoms with van der Waals surface area (Å²) < 4.78 is 16.2. The molecule has 16 heavy (non-hydrogen) atoms. The maximum absolute atomic E-state index is 8.61. The molecule has 90 valence electrons. The van der Waals surface area contributed by atoms with E-state index in [2.05, 4.69) is 0 Å². The quantitative estimate of drug-likeness (QED) is 0.720. The number of hydrogen-bond donors (Lipinski definition) is 1. The largest absolute Gasteiger partial charge is 0.490 e. The van der Waals surface area contributed by atoms with E-state index < -0.39 is 6.29 Å². The van der Waals surface area contributed by atoms with Gasteiger partial charge in [0.15, 0.2) is 17.8 Å². The first kappa shape index (κ1) is 12.8. The minimum absolute atomic E-state index is 0.0131. The van der Waals surface area contributed by atoms with Gasteiger partial charge in [-0.15, -0.1) is 0 Å². The number of para-hydroxylation sites is 2. The Labute approximate surface area is 95.8 Å². The van der Waals surface area contributed by atoms with Gasteiger partial charge in [0.25, 0.3) is 0 Å². The second kappa shape index (κ2) is 7.09. The van der Waals surface area contributed by atoms with E-state index in [0.29, 0.717) is 18.1 Å². The van der Waals surface area contributed by atoms with E-state index in [1.54, 1.807) is 6.92 Å². The number of aliphatic hydroxyl groups is 1. The van der Waals surface area contributed by atoms with E-state index in [1.807, 2.05) is 31.2 Å². The summed E-state index contributed by atoms with van der Waals surface area (Å²) >= 11 is 0. The molecule has 4 heteroatoms. The zero-order valence-corrected chi connectivity index (χ0v) is 9.68. The molecule has 0 heterocycles. The first-order chi connectivity index (χ1) is 7.77. The van der Waals surface area contributed by atoms with E-state index in [0.717, 1.165) is 0 Å². The fraction of sp³-hybridized carbons (Fsp3) is 0.500. The van der Waals surface area contributed by atoms with Crippen LogP contribution in [0.3, 0.4) is 0 Å². The van der Waals surface area contributed by atoms with Gasteiger partial charge in [-0.25, -0.2) is 0 Å². The molecule has 0 bridgehead atoms. The van der Waals surface area contributed by atoms with Crippen molar-refractivity contribution in [3.05, 3.63) is 24.3 Å². The number of aliphatic hydroxyl groups excluding tert-OH is 1. The summed E-state index contributed by atoms with van der Waals surface area (Å²) in [5.41, 5.74) is 0. The Bertz CT molecular complexity index is 301. The average molecular weight is 226 g/mol. The highest BCUT2D eigenvalue weighted by Crippen LogP contribution is 2.27. The summed E-state index contributed by atoms with van der Waals surface area (Å²) in [6.45, 7) is 4.53. The molecule has 0 aliphatic carbocycles.